The molecule has 8 heteroatoms. The highest BCUT2D eigenvalue weighted by Gasteiger charge is 2.16. The van der Waals surface area contributed by atoms with Gasteiger partial charge < -0.3 is 4.90 Å². The van der Waals surface area contributed by atoms with Gasteiger partial charge in [0.25, 0.3) is 5.95 Å². The van der Waals surface area contributed by atoms with Crippen LogP contribution in [0.25, 0.3) is 5.95 Å². The van der Waals surface area contributed by atoms with Crippen LogP contribution >= 0.6 is 11.6 Å². The van der Waals surface area contributed by atoms with Crippen molar-refractivity contribution in [2.24, 2.45) is 0 Å². The molecule has 2 aromatic rings. The van der Waals surface area contributed by atoms with Crippen molar-refractivity contribution in [2.45, 2.75) is 26.3 Å². The highest BCUT2D eigenvalue weighted by Crippen LogP contribution is 2.16. The minimum atomic E-state index is 0.100. The van der Waals surface area contributed by atoms with Crippen molar-refractivity contribution < 1.29 is 0 Å². The van der Waals surface area contributed by atoms with Gasteiger partial charge in [-0.2, -0.15) is 25.3 Å². The van der Waals surface area contributed by atoms with Crippen LogP contribution in [0.15, 0.2) is 18.5 Å². The van der Waals surface area contributed by atoms with Crippen molar-refractivity contribution in [1.29, 1.82) is 5.26 Å². The normalized spacial score (nSPS) is 10.6. The van der Waals surface area contributed by atoms with Crippen LogP contribution in [0, 0.1) is 11.3 Å². The van der Waals surface area contributed by atoms with Crippen LogP contribution in [0.2, 0.25) is 5.28 Å². The average Bonchev–Trinajstić information content (AvgIpc) is 2.92. The van der Waals surface area contributed by atoms with Gasteiger partial charge in [-0.3, -0.25) is 0 Å². The first-order chi connectivity index (χ1) is 9.61. The molecule has 0 aliphatic carbocycles. The fraction of sp³-hybridized carbons (Fsp3) is 0.417. The first kappa shape index (κ1) is 14.2. The molecular weight excluding hydrogens is 278 g/mol. The Morgan fingerprint density at radius 1 is 1.40 bits per heavy atom. The van der Waals surface area contributed by atoms with Crippen LogP contribution in [0.4, 0.5) is 5.95 Å². The Morgan fingerprint density at radius 3 is 2.80 bits per heavy atom. The number of anilines is 1. The molecule has 20 heavy (non-hydrogen) atoms. The predicted molar refractivity (Wildman–Crippen MR) is 74.7 cm³/mol. The number of hydrogen-bond acceptors (Lipinski definition) is 6. The van der Waals surface area contributed by atoms with E-state index >= 15 is 0 Å². The molecule has 0 atom stereocenters. The highest BCUT2D eigenvalue weighted by atomic mass is 35.5. The van der Waals surface area contributed by atoms with Gasteiger partial charge in [0.05, 0.1) is 12.5 Å². The Balaban J connectivity index is 2.37. The summed E-state index contributed by atoms with van der Waals surface area (Å²) >= 11 is 5.95. The van der Waals surface area contributed by atoms with Crippen molar-refractivity contribution >= 4 is 17.5 Å². The summed E-state index contributed by atoms with van der Waals surface area (Å²) in [4.78, 5) is 14.5. The monoisotopic (exact) mass is 291 g/mol. The van der Waals surface area contributed by atoms with E-state index in [-0.39, 0.29) is 11.3 Å². The lowest BCUT2D eigenvalue weighted by atomic mass is 10.3. The zero-order valence-electron chi connectivity index (χ0n) is 11.2. The van der Waals surface area contributed by atoms with Gasteiger partial charge in [-0.15, -0.1) is 0 Å². The van der Waals surface area contributed by atoms with Gasteiger partial charge in [0, 0.05) is 25.0 Å². The minimum absolute atomic E-state index is 0.100. The summed E-state index contributed by atoms with van der Waals surface area (Å²) in [6.07, 6.45) is 3.75. The van der Waals surface area contributed by atoms with Gasteiger partial charge in [-0.1, -0.05) is 0 Å². The number of halogens is 1. The van der Waals surface area contributed by atoms with Crippen LogP contribution < -0.4 is 4.90 Å². The van der Waals surface area contributed by atoms with E-state index in [9.17, 15) is 0 Å². The summed E-state index contributed by atoms with van der Waals surface area (Å²) in [6, 6.07) is 4.03. The molecule has 0 saturated carbocycles. The standard InChI is InChI=1S/C12H14ClN7/c1-9(2)19(7-3-5-14)11-16-10(13)17-12(18-11)20-8-4-6-15-20/h4,6,8-9H,3,7H2,1-2H3. The molecule has 7 nitrogen and oxygen atoms in total. The number of hydrogen-bond donors (Lipinski definition) is 0. The Bertz CT molecular complexity index is 603. The summed E-state index contributed by atoms with van der Waals surface area (Å²) < 4.78 is 1.51. The van der Waals surface area contributed by atoms with E-state index in [4.69, 9.17) is 16.9 Å². The molecule has 0 amide bonds. The summed E-state index contributed by atoms with van der Waals surface area (Å²) in [7, 11) is 0. The molecule has 0 unspecified atom stereocenters. The Labute approximate surface area is 121 Å². The molecule has 0 aliphatic rings. The van der Waals surface area contributed by atoms with Crippen molar-refractivity contribution in [2.75, 3.05) is 11.4 Å². The molecular formula is C12H14ClN7. The summed E-state index contributed by atoms with van der Waals surface area (Å²) in [6.45, 7) is 4.54. The minimum Gasteiger partial charge on any atom is -0.337 e. The second-order valence-electron chi connectivity index (χ2n) is 4.35. The fourth-order valence-electron chi connectivity index (χ4n) is 1.71. The number of aromatic nitrogens is 5. The average molecular weight is 292 g/mol. The van der Waals surface area contributed by atoms with Crippen molar-refractivity contribution in [1.82, 2.24) is 24.7 Å². The number of nitriles is 1. The third kappa shape index (κ3) is 3.22. The van der Waals surface area contributed by atoms with Crippen molar-refractivity contribution in [3.05, 3.63) is 23.7 Å². The molecule has 0 saturated heterocycles. The summed E-state index contributed by atoms with van der Waals surface area (Å²) in [5.74, 6) is 0.799. The van der Waals surface area contributed by atoms with Gasteiger partial charge >= 0.3 is 0 Å². The van der Waals surface area contributed by atoms with Crippen LogP contribution in [0.1, 0.15) is 20.3 Å². The van der Waals surface area contributed by atoms with Gasteiger partial charge in [0.2, 0.25) is 11.2 Å². The lowest BCUT2D eigenvalue weighted by molar-refractivity contribution is 0.656. The smallest absolute Gasteiger partial charge is 0.256 e. The fourth-order valence-corrected chi connectivity index (χ4v) is 1.86. The zero-order valence-corrected chi connectivity index (χ0v) is 12.0. The first-order valence-electron chi connectivity index (χ1n) is 6.17. The molecule has 0 radical (unpaired) electrons. The molecule has 2 rings (SSSR count). The maximum absolute atomic E-state index is 8.73. The molecule has 0 fully saturated rings. The maximum Gasteiger partial charge on any atom is 0.256 e. The molecule has 0 N–H and O–H groups in total. The third-order valence-electron chi connectivity index (χ3n) is 2.64. The first-order valence-corrected chi connectivity index (χ1v) is 6.55. The molecule has 0 spiro atoms. The van der Waals surface area contributed by atoms with E-state index in [0.29, 0.717) is 24.9 Å². The Hall–Kier alpha value is -2.20. The van der Waals surface area contributed by atoms with E-state index < -0.39 is 0 Å². The second kappa shape index (κ2) is 6.30. The van der Waals surface area contributed by atoms with Crippen LogP contribution in [-0.2, 0) is 0 Å². The van der Waals surface area contributed by atoms with Gasteiger partial charge in [-0.25, -0.2) is 4.68 Å². The summed E-state index contributed by atoms with van der Waals surface area (Å²) in [5, 5.41) is 12.9. The molecule has 2 heterocycles. The zero-order chi connectivity index (χ0) is 14.5. The molecule has 2 aromatic heterocycles. The van der Waals surface area contributed by atoms with E-state index in [2.05, 4.69) is 26.1 Å². The van der Waals surface area contributed by atoms with Crippen LogP contribution in [0.5, 0.6) is 0 Å². The number of rotatable bonds is 5. The van der Waals surface area contributed by atoms with Crippen LogP contribution in [0.3, 0.4) is 0 Å². The topological polar surface area (TPSA) is 83.5 Å². The molecule has 104 valence electrons. The Kier molecular flexibility index (Phi) is 4.48. The van der Waals surface area contributed by atoms with Crippen LogP contribution in [-0.4, -0.2) is 37.3 Å². The number of nitrogens with zero attached hydrogens (tertiary/aromatic N) is 7. The van der Waals surface area contributed by atoms with E-state index in [0.717, 1.165) is 0 Å². The summed E-state index contributed by atoms with van der Waals surface area (Å²) in [5.41, 5.74) is 0. The lowest BCUT2D eigenvalue weighted by Gasteiger charge is -2.25. The van der Waals surface area contributed by atoms with Gasteiger partial charge in [0.15, 0.2) is 0 Å². The van der Waals surface area contributed by atoms with Crippen molar-refractivity contribution in [3.63, 3.8) is 0 Å². The van der Waals surface area contributed by atoms with Gasteiger partial charge in [-0.05, 0) is 31.5 Å². The Morgan fingerprint density at radius 2 is 2.20 bits per heavy atom. The maximum atomic E-state index is 8.73. The molecule has 0 aromatic carbocycles. The van der Waals surface area contributed by atoms with E-state index in [1.165, 1.54) is 4.68 Å². The van der Waals surface area contributed by atoms with E-state index in [1.807, 2.05) is 18.7 Å². The largest absolute Gasteiger partial charge is 0.337 e. The second-order valence-corrected chi connectivity index (χ2v) is 4.69. The predicted octanol–water partition coefficient (Wildman–Crippen LogP) is 1.84. The third-order valence-corrected chi connectivity index (χ3v) is 2.81. The van der Waals surface area contributed by atoms with Gasteiger partial charge in [0.1, 0.15) is 0 Å². The quantitative estimate of drug-likeness (QED) is 0.836. The van der Waals surface area contributed by atoms with E-state index in [1.54, 1.807) is 18.5 Å². The SMILES string of the molecule is CC(C)N(CCC#N)c1nc(Cl)nc(-n2cccn2)n1. The lowest BCUT2D eigenvalue weighted by Crippen LogP contribution is -2.33. The van der Waals surface area contributed by atoms with Crippen molar-refractivity contribution in [3.8, 4) is 12.0 Å². The molecule has 0 aliphatic heterocycles. The molecule has 0 bridgehead atoms. The highest BCUT2D eigenvalue weighted by molar-refractivity contribution is 6.28.